The fourth-order valence-corrected chi connectivity index (χ4v) is 1.63. The van der Waals surface area contributed by atoms with Crippen molar-refractivity contribution in [1.82, 2.24) is 4.98 Å². The van der Waals surface area contributed by atoms with E-state index >= 15 is 0 Å². The van der Waals surface area contributed by atoms with Crippen molar-refractivity contribution in [3.63, 3.8) is 0 Å². The third-order valence-corrected chi connectivity index (χ3v) is 2.52. The highest BCUT2D eigenvalue weighted by molar-refractivity contribution is 6.30. The first kappa shape index (κ1) is 11.7. The van der Waals surface area contributed by atoms with E-state index in [-0.39, 0.29) is 5.88 Å². The number of benzene rings is 1. The van der Waals surface area contributed by atoms with Gasteiger partial charge in [0.05, 0.1) is 18.5 Å². The molecule has 0 saturated carbocycles. The lowest BCUT2D eigenvalue weighted by Gasteiger charge is -2.07. The number of hydrogen-bond donors (Lipinski definition) is 1. The first-order chi connectivity index (χ1) is 8.11. The number of hydrogen-bond acceptors (Lipinski definition) is 3. The van der Waals surface area contributed by atoms with E-state index in [9.17, 15) is 4.39 Å². The molecule has 2 N–H and O–H groups in total. The lowest BCUT2D eigenvalue weighted by atomic mass is 10.1. The quantitative estimate of drug-likeness (QED) is 0.893. The Morgan fingerprint density at radius 2 is 2.06 bits per heavy atom. The van der Waals surface area contributed by atoms with E-state index in [4.69, 9.17) is 22.1 Å². The van der Waals surface area contributed by atoms with Crippen molar-refractivity contribution in [2.24, 2.45) is 0 Å². The Morgan fingerprint density at radius 1 is 1.29 bits per heavy atom. The summed E-state index contributed by atoms with van der Waals surface area (Å²) in [7, 11) is 1.46. The molecule has 0 aliphatic carbocycles. The van der Waals surface area contributed by atoms with Gasteiger partial charge in [0, 0.05) is 10.6 Å². The van der Waals surface area contributed by atoms with Crippen LogP contribution in [0.3, 0.4) is 0 Å². The summed E-state index contributed by atoms with van der Waals surface area (Å²) in [4.78, 5) is 4.12. The van der Waals surface area contributed by atoms with E-state index in [1.54, 1.807) is 12.1 Å². The highest BCUT2D eigenvalue weighted by Gasteiger charge is 2.10. The SMILES string of the molecule is COc1nc(-c2cc(Cl)ccc2F)ccc1N. The zero-order valence-corrected chi connectivity index (χ0v) is 9.83. The van der Waals surface area contributed by atoms with Crippen molar-refractivity contribution in [2.45, 2.75) is 0 Å². The highest BCUT2D eigenvalue weighted by Crippen LogP contribution is 2.28. The Labute approximate surface area is 103 Å². The van der Waals surface area contributed by atoms with Gasteiger partial charge in [-0.3, -0.25) is 0 Å². The molecule has 0 fully saturated rings. The highest BCUT2D eigenvalue weighted by atomic mass is 35.5. The van der Waals surface area contributed by atoms with E-state index in [1.807, 2.05) is 0 Å². The molecule has 0 radical (unpaired) electrons. The molecule has 2 aromatic rings. The standard InChI is InChI=1S/C12H10ClFN2O/c1-17-12-10(15)4-5-11(16-12)8-6-7(13)2-3-9(8)14/h2-6H,15H2,1H3. The monoisotopic (exact) mass is 252 g/mol. The van der Waals surface area contributed by atoms with E-state index in [0.29, 0.717) is 22.0 Å². The van der Waals surface area contributed by atoms with Crippen LogP contribution in [0.25, 0.3) is 11.3 Å². The summed E-state index contributed by atoms with van der Waals surface area (Å²) in [5, 5.41) is 0.444. The van der Waals surface area contributed by atoms with Crippen LogP contribution in [0.1, 0.15) is 0 Å². The lowest BCUT2D eigenvalue weighted by molar-refractivity contribution is 0.401. The largest absolute Gasteiger partial charge is 0.480 e. The molecule has 3 nitrogen and oxygen atoms in total. The lowest BCUT2D eigenvalue weighted by Crippen LogP contribution is -1.97. The fourth-order valence-electron chi connectivity index (χ4n) is 1.46. The molecule has 1 aromatic carbocycles. The number of pyridine rings is 1. The second-order valence-electron chi connectivity index (χ2n) is 3.42. The molecular formula is C12H10ClFN2O. The Bertz CT molecular complexity index is 560. The predicted molar refractivity (Wildman–Crippen MR) is 65.6 cm³/mol. The average molecular weight is 253 g/mol. The smallest absolute Gasteiger partial charge is 0.237 e. The molecule has 0 atom stereocenters. The number of nitrogens with zero attached hydrogens (tertiary/aromatic N) is 1. The maximum atomic E-state index is 13.6. The molecule has 0 unspecified atom stereocenters. The van der Waals surface area contributed by atoms with Crippen molar-refractivity contribution in [3.8, 4) is 17.1 Å². The summed E-state index contributed by atoms with van der Waals surface area (Å²) in [6.07, 6.45) is 0. The van der Waals surface area contributed by atoms with Crippen LogP contribution in [0.15, 0.2) is 30.3 Å². The van der Waals surface area contributed by atoms with Gasteiger partial charge in [-0.1, -0.05) is 11.6 Å². The second-order valence-corrected chi connectivity index (χ2v) is 3.86. The predicted octanol–water partition coefficient (Wildman–Crippen LogP) is 3.13. The molecule has 0 bridgehead atoms. The van der Waals surface area contributed by atoms with Gasteiger partial charge in [-0.25, -0.2) is 9.37 Å². The molecule has 0 saturated heterocycles. The van der Waals surface area contributed by atoms with E-state index in [1.165, 1.54) is 25.3 Å². The molecule has 5 heteroatoms. The van der Waals surface area contributed by atoms with Gasteiger partial charge in [0.1, 0.15) is 5.82 Å². The second kappa shape index (κ2) is 4.59. The van der Waals surface area contributed by atoms with Gasteiger partial charge in [-0.2, -0.15) is 0 Å². The van der Waals surface area contributed by atoms with Gasteiger partial charge in [0.15, 0.2) is 0 Å². The Balaban J connectivity index is 2.56. The molecule has 1 heterocycles. The van der Waals surface area contributed by atoms with Crippen LogP contribution in [0.4, 0.5) is 10.1 Å². The summed E-state index contributed by atoms with van der Waals surface area (Å²) in [6.45, 7) is 0. The Hall–Kier alpha value is -1.81. The molecule has 1 aromatic heterocycles. The number of halogens is 2. The van der Waals surface area contributed by atoms with E-state index in [2.05, 4.69) is 4.98 Å². The minimum absolute atomic E-state index is 0.266. The summed E-state index contributed by atoms with van der Waals surface area (Å²) < 4.78 is 18.6. The Morgan fingerprint density at radius 3 is 2.76 bits per heavy atom. The number of nitrogen functional groups attached to an aromatic ring is 1. The summed E-state index contributed by atoms with van der Waals surface area (Å²) in [5.74, 6) is -0.129. The van der Waals surface area contributed by atoms with Gasteiger partial charge in [0.25, 0.3) is 0 Å². The topological polar surface area (TPSA) is 48.1 Å². The van der Waals surface area contributed by atoms with Crippen LogP contribution in [0.2, 0.25) is 5.02 Å². The van der Waals surface area contributed by atoms with Gasteiger partial charge in [0.2, 0.25) is 5.88 Å². The van der Waals surface area contributed by atoms with E-state index in [0.717, 1.165) is 0 Å². The number of methoxy groups -OCH3 is 1. The molecule has 17 heavy (non-hydrogen) atoms. The third-order valence-electron chi connectivity index (χ3n) is 2.29. The average Bonchev–Trinajstić information content (AvgIpc) is 2.33. The first-order valence-corrected chi connectivity index (χ1v) is 5.25. The van der Waals surface area contributed by atoms with Crippen LogP contribution < -0.4 is 10.5 Å². The maximum absolute atomic E-state index is 13.6. The van der Waals surface area contributed by atoms with Crippen molar-refractivity contribution in [1.29, 1.82) is 0 Å². The van der Waals surface area contributed by atoms with Gasteiger partial charge < -0.3 is 10.5 Å². The molecule has 0 aliphatic rings. The Kier molecular flexibility index (Phi) is 3.15. The maximum Gasteiger partial charge on any atom is 0.237 e. The van der Waals surface area contributed by atoms with Crippen LogP contribution in [-0.4, -0.2) is 12.1 Å². The van der Waals surface area contributed by atoms with Gasteiger partial charge >= 0.3 is 0 Å². The van der Waals surface area contributed by atoms with Crippen LogP contribution in [0, 0.1) is 5.82 Å². The van der Waals surface area contributed by atoms with Crippen LogP contribution in [-0.2, 0) is 0 Å². The minimum atomic E-state index is -0.395. The fraction of sp³-hybridized carbons (Fsp3) is 0.0833. The summed E-state index contributed by atoms with van der Waals surface area (Å²) in [5.41, 5.74) is 6.78. The summed E-state index contributed by atoms with van der Waals surface area (Å²) >= 11 is 5.82. The van der Waals surface area contributed by atoms with Crippen molar-refractivity contribution in [3.05, 3.63) is 41.2 Å². The molecule has 0 amide bonds. The van der Waals surface area contributed by atoms with Crippen molar-refractivity contribution in [2.75, 3.05) is 12.8 Å². The van der Waals surface area contributed by atoms with Gasteiger partial charge in [-0.15, -0.1) is 0 Å². The number of ether oxygens (including phenoxy) is 1. The zero-order valence-electron chi connectivity index (χ0n) is 9.08. The molecule has 2 rings (SSSR count). The number of aromatic nitrogens is 1. The van der Waals surface area contributed by atoms with E-state index < -0.39 is 5.82 Å². The zero-order chi connectivity index (χ0) is 12.4. The van der Waals surface area contributed by atoms with Crippen LogP contribution >= 0.6 is 11.6 Å². The third kappa shape index (κ3) is 2.31. The molecule has 0 spiro atoms. The molecule has 88 valence electrons. The minimum Gasteiger partial charge on any atom is -0.480 e. The number of rotatable bonds is 2. The number of nitrogens with two attached hydrogens (primary N) is 1. The van der Waals surface area contributed by atoms with Crippen LogP contribution in [0.5, 0.6) is 5.88 Å². The van der Waals surface area contributed by atoms with Gasteiger partial charge in [-0.05, 0) is 30.3 Å². The first-order valence-electron chi connectivity index (χ1n) is 4.87. The molecular weight excluding hydrogens is 243 g/mol. The van der Waals surface area contributed by atoms with Crippen molar-refractivity contribution < 1.29 is 9.13 Å². The normalized spacial score (nSPS) is 10.3. The summed E-state index contributed by atoms with van der Waals surface area (Å²) in [6, 6.07) is 7.51. The number of anilines is 1. The van der Waals surface area contributed by atoms with Crippen molar-refractivity contribution >= 4 is 17.3 Å². The molecule has 0 aliphatic heterocycles.